The van der Waals surface area contributed by atoms with E-state index in [2.05, 4.69) is 49.5 Å². The van der Waals surface area contributed by atoms with Gasteiger partial charge in [-0.15, -0.1) is 0 Å². The number of allylic oxidation sites excluding steroid dienone is 7. The number of carbonyl (C=O) groups excluding carboxylic acids is 1. The van der Waals surface area contributed by atoms with Crippen LogP contribution in [0.3, 0.4) is 0 Å². The molecule has 0 aromatic heterocycles. The molecule has 1 saturated carbocycles. The van der Waals surface area contributed by atoms with Gasteiger partial charge in [0.25, 0.3) is 0 Å². The quantitative estimate of drug-likeness (QED) is 0.0160. The first-order valence-corrected chi connectivity index (χ1v) is 26.2. The Balaban J connectivity index is 2.53. The number of hydrogen-bond donors (Lipinski definition) is 9. The van der Waals surface area contributed by atoms with Crippen LogP contribution in [0, 0.1) is 0 Å². The molecule has 1 rings (SSSR count). The van der Waals surface area contributed by atoms with Crippen LogP contribution in [0.1, 0.15) is 194 Å². The Morgan fingerprint density at radius 2 is 0.937 bits per heavy atom. The lowest BCUT2D eigenvalue weighted by Crippen LogP contribution is -2.64. The summed E-state index contributed by atoms with van der Waals surface area (Å²) in [7, 11) is -5.16. The molecular formula is C49H90NO12P. The molecule has 0 saturated heterocycles. The minimum absolute atomic E-state index is 0.262. The zero-order valence-electron chi connectivity index (χ0n) is 39.0. The van der Waals surface area contributed by atoms with E-state index in [1.54, 1.807) is 6.08 Å². The number of phosphoric acid groups is 1. The van der Waals surface area contributed by atoms with Crippen molar-refractivity contribution in [3.63, 3.8) is 0 Å². The minimum Gasteiger partial charge on any atom is -0.393 e. The average Bonchev–Trinajstić information content (AvgIpc) is 3.26. The van der Waals surface area contributed by atoms with Gasteiger partial charge in [-0.1, -0.05) is 165 Å². The lowest BCUT2D eigenvalue weighted by atomic mass is 9.85. The number of aliphatic hydroxyl groups excluding tert-OH is 7. The van der Waals surface area contributed by atoms with E-state index in [9.17, 15) is 50.0 Å². The molecule has 1 aliphatic rings. The Morgan fingerprint density at radius 1 is 0.556 bits per heavy atom. The van der Waals surface area contributed by atoms with E-state index in [0.29, 0.717) is 19.3 Å². The van der Waals surface area contributed by atoms with Gasteiger partial charge in [0, 0.05) is 0 Å². The van der Waals surface area contributed by atoms with E-state index >= 15 is 0 Å². The summed E-state index contributed by atoms with van der Waals surface area (Å²) in [5.74, 6) is -0.613. The van der Waals surface area contributed by atoms with Crippen molar-refractivity contribution in [2.24, 2.45) is 0 Å². The molecule has 1 aliphatic carbocycles. The van der Waals surface area contributed by atoms with Crippen LogP contribution in [0.2, 0.25) is 0 Å². The van der Waals surface area contributed by atoms with Crippen LogP contribution in [0.5, 0.6) is 0 Å². The van der Waals surface area contributed by atoms with Crippen LogP contribution in [-0.4, -0.2) is 108 Å². The van der Waals surface area contributed by atoms with Gasteiger partial charge in [-0.25, -0.2) is 4.57 Å². The van der Waals surface area contributed by atoms with Gasteiger partial charge in [-0.3, -0.25) is 13.8 Å². The Hall–Kier alpha value is -1.74. The van der Waals surface area contributed by atoms with E-state index in [0.717, 1.165) is 64.2 Å². The first-order chi connectivity index (χ1) is 30.3. The molecule has 0 heterocycles. The summed E-state index contributed by atoms with van der Waals surface area (Å²) >= 11 is 0. The maximum absolute atomic E-state index is 13.0. The Kier molecular flexibility index (Phi) is 36.1. The summed E-state index contributed by atoms with van der Waals surface area (Å²) in [6, 6.07) is -1.27. The molecule has 0 radical (unpaired) electrons. The van der Waals surface area contributed by atoms with E-state index in [4.69, 9.17) is 9.05 Å². The summed E-state index contributed by atoms with van der Waals surface area (Å²) in [5, 5.41) is 74.5. The van der Waals surface area contributed by atoms with Crippen molar-refractivity contribution in [1.82, 2.24) is 5.32 Å². The van der Waals surface area contributed by atoms with Crippen molar-refractivity contribution in [2.75, 3.05) is 6.61 Å². The molecule has 0 aromatic rings. The molecule has 0 bridgehead atoms. The zero-order valence-corrected chi connectivity index (χ0v) is 39.9. The number of hydrogen-bond acceptors (Lipinski definition) is 11. The van der Waals surface area contributed by atoms with E-state index in [1.807, 2.05) is 6.08 Å². The molecule has 1 amide bonds. The molecule has 1 fully saturated rings. The third-order valence-electron chi connectivity index (χ3n) is 11.6. The molecule has 0 spiro atoms. The maximum atomic E-state index is 13.0. The number of nitrogens with one attached hydrogen (secondary N) is 1. The predicted molar refractivity (Wildman–Crippen MR) is 252 cm³/mol. The summed E-state index contributed by atoms with van der Waals surface area (Å²) < 4.78 is 22.9. The number of rotatable bonds is 40. The largest absolute Gasteiger partial charge is 0.472 e. The smallest absolute Gasteiger partial charge is 0.393 e. The molecule has 13 nitrogen and oxygen atoms in total. The molecule has 368 valence electrons. The zero-order chi connectivity index (χ0) is 46.6. The fourth-order valence-corrected chi connectivity index (χ4v) is 8.53. The molecule has 9 N–H and O–H groups in total. The summed E-state index contributed by atoms with van der Waals surface area (Å²) in [6.45, 7) is 3.70. The number of phosphoric ester groups is 1. The molecule has 8 atom stereocenters. The van der Waals surface area contributed by atoms with Gasteiger partial charge in [-0.05, 0) is 70.6 Å². The highest BCUT2D eigenvalue weighted by atomic mass is 31.2. The number of carbonyl (C=O) groups is 1. The fraction of sp³-hybridized carbons (Fsp3) is 0.816. The number of amides is 1. The van der Waals surface area contributed by atoms with Crippen LogP contribution in [-0.2, 0) is 18.4 Å². The fourth-order valence-electron chi connectivity index (χ4n) is 7.56. The van der Waals surface area contributed by atoms with Gasteiger partial charge in [-0.2, -0.15) is 0 Å². The molecule has 0 aromatic carbocycles. The SMILES string of the molecule is CCCCCC/C=C/CC/C=C/CC/C=C/C(O)C(COP(=O)(O)OC1C(O)C(O)C(O)C(O)C1O)NC(=O)CC(O)CCCCCCC/C=C\CCCCCCCCCCCC. The van der Waals surface area contributed by atoms with Crippen molar-refractivity contribution < 1.29 is 59.0 Å². The van der Waals surface area contributed by atoms with Crippen LogP contribution >= 0.6 is 7.82 Å². The van der Waals surface area contributed by atoms with E-state index in [-0.39, 0.29) is 6.42 Å². The van der Waals surface area contributed by atoms with Gasteiger partial charge in [0.05, 0.1) is 31.3 Å². The maximum Gasteiger partial charge on any atom is 0.472 e. The van der Waals surface area contributed by atoms with Crippen LogP contribution in [0.15, 0.2) is 48.6 Å². The summed E-state index contributed by atoms with van der Waals surface area (Å²) in [5.41, 5.74) is 0. The third-order valence-corrected chi connectivity index (χ3v) is 12.6. The summed E-state index contributed by atoms with van der Waals surface area (Å²) in [4.78, 5) is 23.5. The second kappa shape index (κ2) is 38.4. The number of unbranched alkanes of at least 4 members (excludes halogenated alkanes) is 21. The third kappa shape index (κ3) is 30.2. The van der Waals surface area contributed by atoms with Crippen LogP contribution in [0.25, 0.3) is 0 Å². The number of aliphatic hydroxyl groups is 7. The molecular weight excluding hydrogens is 826 g/mol. The normalized spacial score (nSPS) is 23.3. The Morgan fingerprint density at radius 3 is 1.41 bits per heavy atom. The molecule has 8 unspecified atom stereocenters. The standard InChI is InChI=1S/C49H90NO12P/c1-3-5-7-9-11-13-15-17-19-20-21-22-23-24-26-28-30-32-34-36-40(51)38-43(53)50-41(39-61-63(59,60)62-49-47(57)45(55)44(54)46(56)48(49)58)42(52)37-35-33-31-29-27-25-18-16-14-12-10-8-6-4-2/h14,16,22-23,27,29,35,37,40-42,44-49,51-52,54-58H,3-13,15,17-21,24-26,28,30-34,36,38-39H2,1-2H3,(H,50,53)(H,59,60)/b16-14+,23-22-,29-27+,37-35+. The molecule has 0 aliphatic heterocycles. The molecule has 63 heavy (non-hydrogen) atoms. The van der Waals surface area contributed by atoms with E-state index < -0.39 is 75.2 Å². The minimum atomic E-state index is -5.16. The Labute approximate surface area is 380 Å². The molecule has 14 heteroatoms. The van der Waals surface area contributed by atoms with Crippen molar-refractivity contribution in [2.45, 2.75) is 249 Å². The van der Waals surface area contributed by atoms with Gasteiger partial charge in [0.1, 0.15) is 36.6 Å². The first-order valence-electron chi connectivity index (χ1n) is 24.7. The lowest BCUT2D eigenvalue weighted by molar-refractivity contribution is -0.220. The van der Waals surface area contributed by atoms with Gasteiger partial charge < -0.3 is 46.0 Å². The highest BCUT2D eigenvalue weighted by Gasteiger charge is 2.51. The summed E-state index contributed by atoms with van der Waals surface area (Å²) in [6.07, 6.45) is 32.0. The second-order valence-electron chi connectivity index (χ2n) is 17.5. The lowest BCUT2D eigenvalue weighted by Gasteiger charge is -2.41. The van der Waals surface area contributed by atoms with Crippen molar-refractivity contribution in [3.8, 4) is 0 Å². The predicted octanol–water partition coefficient (Wildman–Crippen LogP) is 8.70. The van der Waals surface area contributed by atoms with Gasteiger partial charge in [0.15, 0.2) is 0 Å². The topological polar surface area (TPSA) is 226 Å². The average molecular weight is 916 g/mol. The highest BCUT2D eigenvalue weighted by molar-refractivity contribution is 7.47. The van der Waals surface area contributed by atoms with Crippen molar-refractivity contribution in [1.29, 1.82) is 0 Å². The second-order valence-corrected chi connectivity index (χ2v) is 18.9. The van der Waals surface area contributed by atoms with Crippen molar-refractivity contribution >= 4 is 13.7 Å². The first kappa shape index (κ1) is 59.3. The van der Waals surface area contributed by atoms with Crippen molar-refractivity contribution in [3.05, 3.63) is 48.6 Å². The highest BCUT2D eigenvalue weighted by Crippen LogP contribution is 2.47. The van der Waals surface area contributed by atoms with E-state index in [1.165, 1.54) is 96.0 Å². The van der Waals surface area contributed by atoms with Gasteiger partial charge >= 0.3 is 7.82 Å². The van der Waals surface area contributed by atoms with Gasteiger partial charge in [0.2, 0.25) is 5.91 Å². The monoisotopic (exact) mass is 916 g/mol. The van der Waals surface area contributed by atoms with Crippen LogP contribution in [0.4, 0.5) is 0 Å². The Bertz CT molecular complexity index is 1260. The van der Waals surface area contributed by atoms with Crippen LogP contribution < -0.4 is 5.32 Å².